The van der Waals surface area contributed by atoms with Crippen LogP contribution in [0.3, 0.4) is 0 Å². The summed E-state index contributed by atoms with van der Waals surface area (Å²) in [6.45, 7) is 7.93. The number of carbonyl (C=O) groups is 1. The zero-order chi connectivity index (χ0) is 16.2. The van der Waals surface area contributed by atoms with E-state index in [0.29, 0.717) is 6.54 Å². The Kier molecular flexibility index (Phi) is 5.11. The fraction of sp³-hybridized carbons (Fsp3) is 0.500. The summed E-state index contributed by atoms with van der Waals surface area (Å²) >= 11 is 0. The molecule has 1 aliphatic heterocycles. The number of amides is 1. The number of carbonyl (C=O) groups excluding carboxylic acids is 1. The molecule has 120 valence electrons. The van der Waals surface area contributed by atoms with Crippen LogP contribution >= 0.6 is 0 Å². The Morgan fingerprint density at radius 1 is 1.27 bits per heavy atom. The molecular formula is C18H26N2O2. The van der Waals surface area contributed by atoms with E-state index in [2.05, 4.69) is 30.2 Å². The van der Waals surface area contributed by atoms with E-state index < -0.39 is 5.60 Å². The Morgan fingerprint density at radius 2 is 1.95 bits per heavy atom. The topological polar surface area (TPSA) is 32.8 Å². The second-order valence-electron chi connectivity index (χ2n) is 6.73. The predicted molar refractivity (Wildman–Crippen MR) is 90.2 cm³/mol. The summed E-state index contributed by atoms with van der Waals surface area (Å²) < 4.78 is 5.41. The van der Waals surface area contributed by atoms with Gasteiger partial charge in [-0.2, -0.15) is 0 Å². The first-order chi connectivity index (χ1) is 10.3. The summed E-state index contributed by atoms with van der Waals surface area (Å²) in [5.74, 6) is 0. The van der Waals surface area contributed by atoms with Crippen molar-refractivity contribution < 1.29 is 9.53 Å². The standard InChI is InChI=1S/C18H26N2O2/c1-18(2,3)22-17(21)20-12-10-15(11-13-20)14-19(4)16-8-6-5-7-9-16/h5-10H,11-14H2,1-4H3. The van der Waals surface area contributed by atoms with Gasteiger partial charge in [0.05, 0.1) is 0 Å². The molecule has 1 aromatic carbocycles. The number of benzene rings is 1. The number of ether oxygens (including phenoxy) is 1. The van der Waals surface area contributed by atoms with Crippen LogP contribution in [0.25, 0.3) is 0 Å². The van der Waals surface area contributed by atoms with E-state index in [1.807, 2.05) is 39.0 Å². The number of hydrogen-bond donors (Lipinski definition) is 0. The van der Waals surface area contributed by atoms with Gasteiger partial charge in [0.25, 0.3) is 0 Å². The summed E-state index contributed by atoms with van der Waals surface area (Å²) in [5.41, 5.74) is 2.14. The molecule has 0 aromatic heterocycles. The molecule has 1 aliphatic rings. The Bertz CT molecular complexity index is 532. The van der Waals surface area contributed by atoms with Crippen LogP contribution in [0.15, 0.2) is 42.0 Å². The predicted octanol–water partition coefficient (Wildman–Crippen LogP) is 3.69. The van der Waals surface area contributed by atoms with Crippen molar-refractivity contribution in [1.82, 2.24) is 4.90 Å². The number of hydrogen-bond acceptors (Lipinski definition) is 3. The maximum atomic E-state index is 12.0. The fourth-order valence-electron chi connectivity index (χ4n) is 2.43. The third-order valence-corrected chi connectivity index (χ3v) is 3.59. The monoisotopic (exact) mass is 302 g/mol. The molecule has 4 heteroatoms. The van der Waals surface area contributed by atoms with Crippen molar-refractivity contribution in [3.05, 3.63) is 42.0 Å². The largest absolute Gasteiger partial charge is 0.444 e. The molecule has 0 saturated heterocycles. The van der Waals surface area contributed by atoms with Gasteiger partial charge in [-0.15, -0.1) is 0 Å². The molecule has 0 spiro atoms. The molecule has 0 saturated carbocycles. The van der Waals surface area contributed by atoms with Crippen LogP contribution in [-0.4, -0.2) is 43.3 Å². The van der Waals surface area contributed by atoms with Crippen molar-refractivity contribution in [3.8, 4) is 0 Å². The molecule has 22 heavy (non-hydrogen) atoms. The van der Waals surface area contributed by atoms with Gasteiger partial charge in [-0.1, -0.05) is 29.8 Å². The average molecular weight is 302 g/mol. The van der Waals surface area contributed by atoms with Crippen molar-refractivity contribution in [2.45, 2.75) is 32.8 Å². The summed E-state index contributed by atoms with van der Waals surface area (Å²) in [6.07, 6.45) is 2.82. The van der Waals surface area contributed by atoms with Gasteiger partial charge in [0.15, 0.2) is 0 Å². The molecule has 1 heterocycles. The molecule has 0 unspecified atom stereocenters. The van der Waals surface area contributed by atoms with E-state index in [1.54, 1.807) is 4.90 Å². The Morgan fingerprint density at radius 3 is 2.50 bits per heavy atom. The number of nitrogens with zero attached hydrogens (tertiary/aromatic N) is 2. The molecule has 4 nitrogen and oxygen atoms in total. The molecular weight excluding hydrogens is 276 g/mol. The lowest BCUT2D eigenvalue weighted by atomic mass is 10.1. The van der Waals surface area contributed by atoms with Crippen molar-refractivity contribution in [2.24, 2.45) is 0 Å². The summed E-state index contributed by atoms with van der Waals surface area (Å²) in [7, 11) is 2.09. The van der Waals surface area contributed by atoms with Gasteiger partial charge < -0.3 is 14.5 Å². The van der Waals surface area contributed by atoms with Gasteiger partial charge in [-0.3, -0.25) is 0 Å². The zero-order valence-electron chi connectivity index (χ0n) is 14.0. The maximum absolute atomic E-state index is 12.0. The lowest BCUT2D eigenvalue weighted by Gasteiger charge is -2.31. The first-order valence-electron chi connectivity index (χ1n) is 7.77. The SMILES string of the molecule is CN(CC1=CCN(C(=O)OC(C)(C)C)CC1)c1ccccc1. The Labute approximate surface area is 133 Å². The van der Waals surface area contributed by atoms with Crippen LogP contribution < -0.4 is 4.90 Å². The van der Waals surface area contributed by atoms with Crippen LogP contribution in [0.2, 0.25) is 0 Å². The third kappa shape index (κ3) is 4.79. The lowest BCUT2D eigenvalue weighted by Crippen LogP contribution is -2.40. The second kappa shape index (κ2) is 6.86. The van der Waals surface area contributed by atoms with Crippen LogP contribution in [-0.2, 0) is 4.74 Å². The first-order valence-corrected chi connectivity index (χ1v) is 7.77. The summed E-state index contributed by atoms with van der Waals surface area (Å²) in [4.78, 5) is 16.0. The van der Waals surface area contributed by atoms with Gasteiger partial charge in [0.2, 0.25) is 0 Å². The molecule has 1 aromatic rings. The molecule has 0 fully saturated rings. The first kappa shape index (κ1) is 16.4. The van der Waals surface area contributed by atoms with Crippen molar-refractivity contribution in [3.63, 3.8) is 0 Å². The smallest absolute Gasteiger partial charge is 0.410 e. The van der Waals surface area contributed by atoms with Gasteiger partial charge in [0.1, 0.15) is 5.60 Å². The minimum atomic E-state index is -0.436. The van der Waals surface area contributed by atoms with Crippen LogP contribution in [0.4, 0.5) is 10.5 Å². The third-order valence-electron chi connectivity index (χ3n) is 3.59. The molecule has 1 amide bonds. The number of likely N-dealkylation sites (N-methyl/N-ethyl adjacent to an activating group) is 1. The quantitative estimate of drug-likeness (QED) is 0.798. The van der Waals surface area contributed by atoms with E-state index in [4.69, 9.17) is 4.74 Å². The van der Waals surface area contributed by atoms with E-state index in [9.17, 15) is 4.79 Å². The van der Waals surface area contributed by atoms with E-state index in [-0.39, 0.29) is 6.09 Å². The zero-order valence-corrected chi connectivity index (χ0v) is 14.0. The average Bonchev–Trinajstić information content (AvgIpc) is 2.47. The minimum Gasteiger partial charge on any atom is -0.444 e. The molecule has 0 N–H and O–H groups in total. The number of anilines is 1. The Balaban J connectivity index is 1.88. The highest BCUT2D eigenvalue weighted by molar-refractivity contribution is 5.68. The molecule has 0 radical (unpaired) electrons. The Hall–Kier alpha value is -1.97. The van der Waals surface area contributed by atoms with Crippen molar-refractivity contribution in [2.75, 3.05) is 31.6 Å². The van der Waals surface area contributed by atoms with Crippen molar-refractivity contribution in [1.29, 1.82) is 0 Å². The highest BCUT2D eigenvalue weighted by atomic mass is 16.6. The van der Waals surface area contributed by atoms with Crippen LogP contribution in [0, 0.1) is 0 Å². The summed E-state index contributed by atoms with van der Waals surface area (Å²) in [6, 6.07) is 10.3. The van der Waals surface area contributed by atoms with E-state index in [1.165, 1.54) is 11.3 Å². The number of para-hydroxylation sites is 1. The normalized spacial score (nSPS) is 15.3. The van der Waals surface area contributed by atoms with Gasteiger partial charge >= 0.3 is 6.09 Å². The van der Waals surface area contributed by atoms with Crippen molar-refractivity contribution >= 4 is 11.8 Å². The van der Waals surface area contributed by atoms with Gasteiger partial charge in [0, 0.05) is 32.4 Å². The number of rotatable bonds is 3. The second-order valence-corrected chi connectivity index (χ2v) is 6.73. The van der Waals surface area contributed by atoms with Gasteiger partial charge in [-0.25, -0.2) is 4.79 Å². The minimum absolute atomic E-state index is 0.223. The van der Waals surface area contributed by atoms with Crippen LogP contribution in [0.1, 0.15) is 27.2 Å². The maximum Gasteiger partial charge on any atom is 0.410 e. The molecule has 0 aliphatic carbocycles. The molecule has 0 atom stereocenters. The lowest BCUT2D eigenvalue weighted by molar-refractivity contribution is 0.0266. The summed E-state index contributed by atoms with van der Waals surface area (Å²) in [5, 5.41) is 0. The van der Waals surface area contributed by atoms with Gasteiger partial charge in [-0.05, 0) is 39.3 Å². The van der Waals surface area contributed by atoms with E-state index >= 15 is 0 Å². The van der Waals surface area contributed by atoms with E-state index in [0.717, 1.165) is 19.5 Å². The molecule has 0 bridgehead atoms. The fourth-order valence-corrected chi connectivity index (χ4v) is 2.43. The highest BCUT2D eigenvalue weighted by Crippen LogP contribution is 2.18. The highest BCUT2D eigenvalue weighted by Gasteiger charge is 2.23. The van der Waals surface area contributed by atoms with Crippen LogP contribution in [0.5, 0.6) is 0 Å². The molecule has 2 rings (SSSR count).